The van der Waals surface area contributed by atoms with Crippen molar-refractivity contribution in [2.45, 2.75) is 33.6 Å². The highest BCUT2D eigenvalue weighted by atomic mass is 16.5. The predicted octanol–water partition coefficient (Wildman–Crippen LogP) is 11.0. The van der Waals surface area contributed by atoms with Gasteiger partial charge in [-0.2, -0.15) is 0 Å². The van der Waals surface area contributed by atoms with Crippen LogP contribution in [0.5, 0.6) is 11.5 Å². The minimum Gasteiger partial charge on any atom is -0.507 e. The molecule has 0 spiro atoms. The molecule has 0 bridgehead atoms. The molecule has 0 saturated carbocycles. The molecule has 0 aliphatic rings. The minimum absolute atomic E-state index is 0.324. The molecule has 2 heteroatoms. The molecular formula is C38H34O2. The zero-order valence-electron chi connectivity index (χ0n) is 23.7. The molecule has 0 aromatic heterocycles. The lowest BCUT2D eigenvalue weighted by atomic mass is 9.89. The molecule has 8 rings (SSSR count). The first kappa shape index (κ1) is 25.7. The van der Waals surface area contributed by atoms with Gasteiger partial charge in [0.1, 0.15) is 11.5 Å². The first-order valence-corrected chi connectivity index (χ1v) is 14.1. The topological polar surface area (TPSA) is 29.5 Å². The molecule has 0 heterocycles. The minimum atomic E-state index is 0.324. The summed E-state index contributed by atoms with van der Waals surface area (Å²) in [5.41, 5.74) is 1.45. The summed E-state index contributed by atoms with van der Waals surface area (Å²) in [5.74, 6) is 1.75. The third-order valence-electron chi connectivity index (χ3n) is 8.01. The van der Waals surface area contributed by atoms with Crippen LogP contribution in [0.15, 0.2) is 103 Å². The van der Waals surface area contributed by atoms with Crippen molar-refractivity contribution >= 4 is 64.6 Å². The van der Waals surface area contributed by atoms with E-state index in [1.165, 1.54) is 43.3 Å². The Morgan fingerprint density at radius 2 is 0.950 bits per heavy atom. The van der Waals surface area contributed by atoms with Crippen molar-refractivity contribution in [2.75, 3.05) is 7.11 Å². The monoisotopic (exact) mass is 522 g/mol. The highest BCUT2D eigenvalue weighted by Gasteiger charge is 2.13. The second-order valence-corrected chi connectivity index (χ2v) is 10.4. The standard InChI is InChI=1S/C19H16.C17H12O2.C2H6/c1-12(2)16-10-8-15-7-6-13-4-3-5-14-9-11-17(16)19(15)18(13)14;1-19-15-9-5-11-2-6-12-14(18)8-4-10-3-7-13(15)17(11)16(10)12;1-2/h3-12H,1-2H3;2-9,18H,1H3;1-2H3. The van der Waals surface area contributed by atoms with Crippen molar-refractivity contribution in [3.63, 3.8) is 0 Å². The Morgan fingerprint density at radius 3 is 1.57 bits per heavy atom. The number of hydrogen-bond acceptors (Lipinski definition) is 2. The number of ether oxygens (including phenoxy) is 1. The Labute approximate surface area is 235 Å². The molecule has 0 aliphatic heterocycles. The van der Waals surface area contributed by atoms with E-state index < -0.39 is 0 Å². The van der Waals surface area contributed by atoms with Crippen LogP contribution in [0.2, 0.25) is 0 Å². The number of hydrogen-bond donors (Lipinski definition) is 1. The number of phenols is 1. The summed E-state index contributed by atoms with van der Waals surface area (Å²) < 4.78 is 5.44. The van der Waals surface area contributed by atoms with Gasteiger partial charge in [0.2, 0.25) is 0 Å². The number of rotatable bonds is 2. The van der Waals surface area contributed by atoms with Gasteiger partial charge in [-0.25, -0.2) is 0 Å². The van der Waals surface area contributed by atoms with Crippen molar-refractivity contribution in [3.8, 4) is 11.5 Å². The highest BCUT2D eigenvalue weighted by molar-refractivity contribution is 6.25. The molecule has 198 valence electrons. The van der Waals surface area contributed by atoms with Gasteiger partial charge in [0.05, 0.1) is 7.11 Å². The maximum Gasteiger partial charge on any atom is 0.126 e. The third-order valence-corrected chi connectivity index (χ3v) is 8.01. The summed E-state index contributed by atoms with van der Waals surface area (Å²) in [4.78, 5) is 0. The van der Waals surface area contributed by atoms with Crippen LogP contribution in [0, 0.1) is 0 Å². The summed E-state index contributed by atoms with van der Waals surface area (Å²) in [6, 6.07) is 36.1. The molecule has 0 fully saturated rings. The number of methoxy groups -OCH3 is 1. The van der Waals surface area contributed by atoms with E-state index in [0.717, 1.165) is 32.7 Å². The smallest absolute Gasteiger partial charge is 0.126 e. The summed E-state index contributed by atoms with van der Waals surface area (Å²) in [5, 5.41) is 24.9. The van der Waals surface area contributed by atoms with Crippen LogP contribution in [0.1, 0.15) is 39.2 Å². The molecule has 8 aromatic carbocycles. The number of benzene rings is 8. The second-order valence-electron chi connectivity index (χ2n) is 10.4. The van der Waals surface area contributed by atoms with E-state index in [1.807, 2.05) is 38.1 Å². The molecule has 8 aromatic rings. The quantitative estimate of drug-likeness (QED) is 0.229. The highest BCUT2D eigenvalue weighted by Crippen LogP contribution is 2.41. The van der Waals surface area contributed by atoms with Gasteiger partial charge in [-0.1, -0.05) is 113 Å². The van der Waals surface area contributed by atoms with Gasteiger partial charge < -0.3 is 9.84 Å². The summed E-state index contributed by atoms with van der Waals surface area (Å²) in [6.07, 6.45) is 0. The van der Waals surface area contributed by atoms with Crippen molar-refractivity contribution in [3.05, 3.63) is 109 Å². The molecule has 0 aliphatic carbocycles. The maximum absolute atomic E-state index is 10.0. The lowest BCUT2D eigenvalue weighted by molar-refractivity contribution is 0.420. The van der Waals surface area contributed by atoms with Crippen LogP contribution in [0.25, 0.3) is 64.6 Å². The van der Waals surface area contributed by atoms with Crippen LogP contribution in [0.3, 0.4) is 0 Å². The van der Waals surface area contributed by atoms with E-state index in [4.69, 9.17) is 4.74 Å². The Bertz CT molecular complexity index is 2090. The first-order valence-electron chi connectivity index (χ1n) is 14.1. The molecule has 0 unspecified atom stereocenters. The Balaban J connectivity index is 0.000000136. The van der Waals surface area contributed by atoms with E-state index in [1.54, 1.807) is 13.2 Å². The molecule has 0 saturated heterocycles. The van der Waals surface area contributed by atoms with Crippen molar-refractivity contribution < 1.29 is 9.84 Å². The zero-order chi connectivity index (χ0) is 28.0. The maximum atomic E-state index is 10.0. The fourth-order valence-corrected chi connectivity index (χ4v) is 6.20. The van der Waals surface area contributed by atoms with Crippen LogP contribution in [0.4, 0.5) is 0 Å². The van der Waals surface area contributed by atoms with Crippen LogP contribution in [-0.4, -0.2) is 12.2 Å². The summed E-state index contributed by atoms with van der Waals surface area (Å²) >= 11 is 0. The Morgan fingerprint density at radius 1 is 0.500 bits per heavy atom. The lowest BCUT2D eigenvalue weighted by Crippen LogP contribution is -1.91. The summed E-state index contributed by atoms with van der Waals surface area (Å²) in [7, 11) is 1.68. The van der Waals surface area contributed by atoms with E-state index in [2.05, 4.69) is 86.6 Å². The van der Waals surface area contributed by atoms with E-state index in [9.17, 15) is 5.11 Å². The normalized spacial score (nSPS) is 11.4. The van der Waals surface area contributed by atoms with Gasteiger partial charge in [-0.15, -0.1) is 0 Å². The SMILES string of the molecule is CC.CC(C)c1ccc2ccc3cccc4ccc1c2c34.COc1ccc2ccc3c(O)ccc4ccc1c2c43. The average Bonchev–Trinajstić information content (AvgIpc) is 3.00. The van der Waals surface area contributed by atoms with Gasteiger partial charge in [0.25, 0.3) is 0 Å². The Kier molecular flexibility index (Phi) is 6.56. The Hall–Kier alpha value is -4.56. The van der Waals surface area contributed by atoms with Crippen LogP contribution >= 0.6 is 0 Å². The van der Waals surface area contributed by atoms with E-state index >= 15 is 0 Å². The van der Waals surface area contributed by atoms with Gasteiger partial charge >= 0.3 is 0 Å². The fourth-order valence-electron chi connectivity index (χ4n) is 6.20. The van der Waals surface area contributed by atoms with Crippen LogP contribution in [-0.2, 0) is 0 Å². The third kappa shape index (κ3) is 3.95. The molecule has 1 N–H and O–H groups in total. The van der Waals surface area contributed by atoms with Gasteiger partial charge in [-0.3, -0.25) is 0 Å². The van der Waals surface area contributed by atoms with Gasteiger partial charge in [-0.05, 0) is 72.8 Å². The molecule has 2 nitrogen and oxygen atoms in total. The van der Waals surface area contributed by atoms with Crippen molar-refractivity contribution in [1.29, 1.82) is 0 Å². The first-order chi connectivity index (χ1) is 19.5. The summed E-state index contributed by atoms with van der Waals surface area (Å²) in [6.45, 7) is 8.54. The van der Waals surface area contributed by atoms with E-state index in [0.29, 0.717) is 11.7 Å². The molecular weight excluding hydrogens is 488 g/mol. The van der Waals surface area contributed by atoms with E-state index in [-0.39, 0.29) is 0 Å². The number of aromatic hydroxyl groups is 1. The van der Waals surface area contributed by atoms with Gasteiger partial charge in [0.15, 0.2) is 0 Å². The predicted molar refractivity (Wildman–Crippen MR) is 174 cm³/mol. The van der Waals surface area contributed by atoms with Gasteiger partial charge in [0, 0.05) is 21.5 Å². The molecule has 0 atom stereocenters. The molecule has 40 heavy (non-hydrogen) atoms. The van der Waals surface area contributed by atoms with Crippen LogP contribution < -0.4 is 4.74 Å². The van der Waals surface area contributed by atoms with Crippen molar-refractivity contribution in [2.24, 2.45) is 0 Å². The average molecular weight is 523 g/mol. The largest absolute Gasteiger partial charge is 0.507 e. The molecule has 0 amide bonds. The number of phenolic OH excluding ortho intramolecular Hbond substituents is 1. The molecule has 0 radical (unpaired) electrons. The van der Waals surface area contributed by atoms with Crippen molar-refractivity contribution in [1.82, 2.24) is 0 Å². The zero-order valence-corrected chi connectivity index (χ0v) is 23.7. The second kappa shape index (κ2) is 10.2. The lowest BCUT2D eigenvalue weighted by Gasteiger charge is -2.15. The fraction of sp³-hybridized carbons (Fsp3) is 0.158.